The van der Waals surface area contributed by atoms with E-state index in [1.165, 1.54) is 12.8 Å². The molecule has 1 aromatic carbocycles. The molecule has 1 saturated carbocycles. The quantitative estimate of drug-likeness (QED) is 0.758. The highest BCUT2D eigenvalue weighted by molar-refractivity contribution is 5.99. The first-order valence-electron chi connectivity index (χ1n) is 5.74. The van der Waals surface area contributed by atoms with E-state index in [9.17, 15) is 5.11 Å². The predicted molar refractivity (Wildman–Crippen MR) is 65.5 cm³/mol. The SMILES string of the molecule is Cc1c2cccc(N)c2c(O)n1CC1CC1. The molecule has 0 radical (unpaired) electrons. The van der Waals surface area contributed by atoms with Crippen LogP contribution in [0.3, 0.4) is 0 Å². The maximum Gasteiger partial charge on any atom is 0.201 e. The van der Waals surface area contributed by atoms with Gasteiger partial charge in [0.15, 0.2) is 0 Å². The van der Waals surface area contributed by atoms with Crippen LogP contribution in [0.1, 0.15) is 18.5 Å². The molecule has 84 valence electrons. The molecule has 0 spiro atoms. The highest BCUT2D eigenvalue weighted by Gasteiger charge is 2.25. The first-order valence-corrected chi connectivity index (χ1v) is 5.74. The lowest BCUT2D eigenvalue weighted by molar-refractivity contribution is 0.412. The molecule has 1 fully saturated rings. The van der Waals surface area contributed by atoms with Crippen molar-refractivity contribution in [2.24, 2.45) is 5.92 Å². The average Bonchev–Trinajstić information content (AvgIpc) is 3.03. The number of benzene rings is 1. The molecule has 1 aliphatic rings. The van der Waals surface area contributed by atoms with E-state index in [1.54, 1.807) is 0 Å². The maximum absolute atomic E-state index is 10.2. The largest absolute Gasteiger partial charge is 0.494 e. The summed E-state index contributed by atoms with van der Waals surface area (Å²) in [5, 5.41) is 12.1. The van der Waals surface area contributed by atoms with Gasteiger partial charge in [0.05, 0.1) is 5.39 Å². The smallest absolute Gasteiger partial charge is 0.201 e. The summed E-state index contributed by atoms with van der Waals surface area (Å²) in [6.45, 7) is 2.97. The maximum atomic E-state index is 10.2. The Balaban J connectivity index is 2.24. The van der Waals surface area contributed by atoms with Crippen LogP contribution in [0.15, 0.2) is 18.2 Å². The summed E-state index contributed by atoms with van der Waals surface area (Å²) >= 11 is 0. The summed E-state index contributed by atoms with van der Waals surface area (Å²) in [6, 6.07) is 5.79. The summed E-state index contributed by atoms with van der Waals surface area (Å²) in [6.07, 6.45) is 2.56. The number of nitrogens with two attached hydrogens (primary N) is 1. The third-order valence-corrected chi connectivity index (χ3v) is 3.51. The zero-order chi connectivity index (χ0) is 11.3. The molecule has 3 heteroatoms. The summed E-state index contributed by atoms with van der Waals surface area (Å²) < 4.78 is 2.00. The van der Waals surface area contributed by atoms with Crippen LogP contribution < -0.4 is 5.73 Å². The zero-order valence-electron chi connectivity index (χ0n) is 9.40. The van der Waals surface area contributed by atoms with E-state index in [2.05, 4.69) is 0 Å². The number of hydrogen-bond acceptors (Lipinski definition) is 2. The van der Waals surface area contributed by atoms with E-state index in [4.69, 9.17) is 5.73 Å². The Morgan fingerprint density at radius 1 is 1.44 bits per heavy atom. The predicted octanol–water partition coefficient (Wildman–Crippen LogP) is 2.65. The van der Waals surface area contributed by atoms with E-state index in [-0.39, 0.29) is 0 Å². The van der Waals surface area contributed by atoms with Gasteiger partial charge in [-0.3, -0.25) is 0 Å². The molecule has 16 heavy (non-hydrogen) atoms. The Kier molecular flexibility index (Phi) is 1.90. The Morgan fingerprint density at radius 3 is 2.81 bits per heavy atom. The highest BCUT2D eigenvalue weighted by Crippen LogP contribution is 2.39. The van der Waals surface area contributed by atoms with Crippen LogP contribution >= 0.6 is 0 Å². The van der Waals surface area contributed by atoms with Crippen molar-refractivity contribution < 1.29 is 5.11 Å². The molecule has 1 aromatic heterocycles. The van der Waals surface area contributed by atoms with Gasteiger partial charge in [-0.15, -0.1) is 0 Å². The third kappa shape index (κ3) is 1.28. The van der Waals surface area contributed by atoms with Gasteiger partial charge in [0.25, 0.3) is 0 Å². The van der Waals surface area contributed by atoms with Crippen LogP contribution in [0.4, 0.5) is 5.69 Å². The average molecular weight is 216 g/mol. The van der Waals surface area contributed by atoms with Crippen LogP contribution in [0.5, 0.6) is 5.88 Å². The highest BCUT2D eigenvalue weighted by atomic mass is 16.3. The summed E-state index contributed by atoms with van der Waals surface area (Å²) in [4.78, 5) is 0. The molecule has 2 aromatic rings. The molecular weight excluding hydrogens is 200 g/mol. The zero-order valence-corrected chi connectivity index (χ0v) is 9.40. The van der Waals surface area contributed by atoms with Crippen molar-refractivity contribution in [3.05, 3.63) is 23.9 Å². The number of nitrogens with zero attached hydrogens (tertiary/aromatic N) is 1. The lowest BCUT2D eigenvalue weighted by atomic mass is 10.1. The minimum absolute atomic E-state index is 0.331. The van der Waals surface area contributed by atoms with Gasteiger partial charge in [0.1, 0.15) is 0 Å². The Labute approximate surface area is 94.5 Å². The molecule has 3 N–H and O–H groups in total. The summed E-state index contributed by atoms with van der Waals surface area (Å²) in [5.41, 5.74) is 7.69. The Morgan fingerprint density at radius 2 is 2.19 bits per heavy atom. The van der Waals surface area contributed by atoms with Crippen molar-refractivity contribution in [1.29, 1.82) is 0 Å². The topological polar surface area (TPSA) is 51.2 Å². The number of nitrogen functional groups attached to an aromatic ring is 1. The molecule has 3 rings (SSSR count). The monoisotopic (exact) mass is 216 g/mol. The first kappa shape index (κ1) is 9.58. The van der Waals surface area contributed by atoms with Crippen molar-refractivity contribution in [1.82, 2.24) is 4.57 Å². The van der Waals surface area contributed by atoms with Crippen LogP contribution in [0, 0.1) is 12.8 Å². The molecule has 0 amide bonds. The van der Waals surface area contributed by atoms with Gasteiger partial charge in [0.2, 0.25) is 5.88 Å². The molecule has 3 nitrogen and oxygen atoms in total. The summed E-state index contributed by atoms with van der Waals surface area (Å²) in [7, 11) is 0. The van der Waals surface area contributed by atoms with E-state index in [0.717, 1.165) is 28.9 Å². The summed E-state index contributed by atoms with van der Waals surface area (Å²) in [5.74, 6) is 1.07. The fourth-order valence-electron chi connectivity index (χ4n) is 2.34. The molecule has 1 heterocycles. The van der Waals surface area contributed by atoms with Gasteiger partial charge in [-0.25, -0.2) is 0 Å². The van der Waals surface area contributed by atoms with E-state index in [0.29, 0.717) is 11.6 Å². The fraction of sp³-hybridized carbons (Fsp3) is 0.385. The number of aryl methyl sites for hydroxylation is 1. The molecule has 0 bridgehead atoms. The van der Waals surface area contributed by atoms with E-state index >= 15 is 0 Å². The van der Waals surface area contributed by atoms with Crippen LogP contribution in [0.2, 0.25) is 0 Å². The number of aromatic hydroxyl groups is 1. The number of rotatable bonds is 2. The van der Waals surface area contributed by atoms with Gasteiger partial charge in [0, 0.05) is 23.3 Å². The molecule has 0 saturated heterocycles. The van der Waals surface area contributed by atoms with Crippen LogP contribution in [-0.2, 0) is 6.54 Å². The standard InChI is InChI=1S/C13H16N2O/c1-8-10-3-2-4-11(14)12(10)13(16)15(8)7-9-5-6-9/h2-4,9,16H,5-7,14H2,1H3. The third-order valence-electron chi connectivity index (χ3n) is 3.51. The van der Waals surface area contributed by atoms with Gasteiger partial charge < -0.3 is 15.4 Å². The first-order chi connectivity index (χ1) is 7.68. The van der Waals surface area contributed by atoms with Gasteiger partial charge in [-0.05, 0) is 31.7 Å². The Hall–Kier alpha value is -1.64. The minimum Gasteiger partial charge on any atom is -0.494 e. The molecule has 0 aliphatic heterocycles. The van der Waals surface area contributed by atoms with Gasteiger partial charge in [-0.2, -0.15) is 0 Å². The van der Waals surface area contributed by atoms with Crippen molar-refractivity contribution >= 4 is 16.5 Å². The second-order valence-corrected chi connectivity index (χ2v) is 4.73. The molecule has 0 atom stereocenters. The van der Waals surface area contributed by atoms with E-state index in [1.807, 2.05) is 29.7 Å². The van der Waals surface area contributed by atoms with Crippen molar-refractivity contribution in [2.45, 2.75) is 26.3 Å². The molecule has 1 aliphatic carbocycles. The lowest BCUT2D eigenvalue weighted by Gasteiger charge is -2.05. The molecular formula is C13H16N2O. The Bertz CT molecular complexity index is 553. The van der Waals surface area contributed by atoms with Gasteiger partial charge in [-0.1, -0.05) is 12.1 Å². The number of hydrogen-bond donors (Lipinski definition) is 2. The minimum atomic E-state index is 0.331. The molecule has 0 unspecified atom stereocenters. The van der Waals surface area contributed by atoms with Crippen molar-refractivity contribution in [3.63, 3.8) is 0 Å². The van der Waals surface area contributed by atoms with Gasteiger partial charge >= 0.3 is 0 Å². The van der Waals surface area contributed by atoms with Crippen LogP contribution in [0.25, 0.3) is 10.8 Å². The fourth-order valence-corrected chi connectivity index (χ4v) is 2.34. The lowest BCUT2D eigenvalue weighted by Crippen LogP contribution is -2.00. The number of anilines is 1. The van der Waals surface area contributed by atoms with E-state index < -0.39 is 0 Å². The second kappa shape index (κ2) is 3.17. The number of aromatic nitrogens is 1. The van der Waals surface area contributed by atoms with Crippen LogP contribution in [-0.4, -0.2) is 9.67 Å². The number of fused-ring (bicyclic) bond motifs is 1. The normalized spacial score (nSPS) is 15.8. The second-order valence-electron chi connectivity index (χ2n) is 4.73. The van der Waals surface area contributed by atoms with Crippen molar-refractivity contribution in [2.75, 3.05) is 5.73 Å². The van der Waals surface area contributed by atoms with Crippen molar-refractivity contribution in [3.8, 4) is 5.88 Å².